The molecule has 2 heterocycles. The summed E-state index contributed by atoms with van der Waals surface area (Å²) in [5.41, 5.74) is 1.22. The van der Waals surface area contributed by atoms with Crippen LogP contribution in [0.2, 0.25) is 5.02 Å². The molecule has 0 atom stereocenters. The number of rotatable bonds is 3. The molecule has 2 aromatic rings. The summed E-state index contributed by atoms with van der Waals surface area (Å²) < 4.78 is 36.8. The van der Waals surface area contributed by atoms with Crippen LogP contribution < -0.4 is 4.74 Å². The highest BCUT2D eigenvalue weighted by Crippen LogP contribution is 2.33. The van der Waals surface area contributed by atoms with Gasteiger partial charge in [-0.1, -0.05) is 11.6 Å². The van der Waals surface area contributed by atoms with Gasteiger partial charge >= 0.3 is 0 Å². The second-order valence-corrected chi connectivity index (χ2v) is 6.97. The number of halogens is 1. The Bertz CT molecular complexity index is 788. The van der Waals surface area contributed by atoms with Gasteiger partial charge in [0.15, 0.2) is 6.79 Å². The van der Waals surface area contributed by atoms with Crippen molar-refractivity contribution in [3.8, 4) is 5.75 Å². The molecule has 0 amide bonds. The molecular weight excluding hydrogens is 318 g/mol. The van der Waals surface area contributed by atoms with Gasteiger partial charge in [0.1, 0.15) is 12.1 Å². The Kier molecular flexibility index (Phi) is 3.60. The third-order valence-corrected chi connectivity index (χ3v) is 4.88. The van der Waals surface area contributed by atoms with Gasteiger partial charge in [0, 0.05) is 23.2 Å². The molecule has 21 heavy (non-hydrogen) atoms. The number of hydrogen-bond acceptors (Lipinski definition) is 6. The minimum Gasteiger partial charge on any atom is -0.467 e. The highest BCUT2D eigenvalue weighted by molar-refractivity contribution is 7.90. The second-order valence-electron chi connectivity index (χ2n) is 4.65. The number of benzene rings is 1. The molecule has 0 saturated heterocycles. The molecule has 7 nitrogen and oxygen atoms in total. The zero-order chi connectivity index (χ0) is 15.0. The van der Waals surface area contributed by atoms with Crippen molar-refractivity contribution < 1.29 is 17.9 Å². The maximum Gasteiger partial charge on any atom is 0.249 e. The van der Waals surface area contributed by atoms with Crippen molar-refractivity contribution in [3.63, 3.8) is 0 Å². The van der Waals surface area contributed by atoms with Gasteiger partial charge in [0.05, 0.1) is 12.4 Å². The Balaban J connectivity index is 2.02. The molecule has 112 valence electrons. The molecule has 0 radical (unpaired) electrons. The number of aromatic nitrogens is 3. The number of aryl methyl sites for hydroxylation is 1. The lowest BCUT2D eigenvalue weighted by atomic mass is 10.1. The van der Waals surface area contributed by atoms with Crippen molar-refractivity contribution in [2.24, 2.45) is 7.05 Å². The second kappa shape index (κ2) is 5.28. The Hall–Kier alpha value is -1.64. The molecular formula is C12H12ClN3O4S. The van der Waals surface area contributed by atoms with E-state index in [0.717, 1.165) is 5.56 Å². The summed E-state index contributed by atoms with van der Waals surface area (Å²) in [7, 11) is -2.07. The fraction of sp³-hybridized carbons (Fsp3) is 0.333. The molecule has 0 spiro atoms. The minimum atomic E-state index is -3.64. The van der Waals surface area contributed by atoms with E-state index in [1.807, 2.05) is 0 Å². The molecule has 9 heteroatoms. The predicted octanol–water partition coefficient (Wildman–Crippen LogP) is 1.31. The first-order valence-electron chi connectivity index (χ1n) is 6.06. The van der Waals surface area contributed by atoms with Crippen LogP contribution in [-0.2, 0) is 34.0 Å². The van der Waals surface area contributed by atoms with E-state index in [1.54, 1.807) is 19.2 Å². The number of sulfone groups is 1. The lowest BCUT2D eigenvalue weighted by molar-refractivity contribution is -0.0169. The zero-order valence-electron chi connectivity index (χ0n) is 11.1. The van der Waals surface area contributed by atoms with Crippen molar-refractivity contribution in [3.05, 3.63) is 34.6 Å². The molecule has 0 aliphatic carbocycles. The molecule has 1 aromatic heterocycles. The van der Waals surface area contributed by atoms with E-state index in [1.165, 1.54) is 10.9 Å². The molecule has 1 aliphatic heterocycles. The fourth-order valence-electron chi connectivity index (χ4n) is 2.19. The predicted molar refractivity (Wildman–Crippen MR) is 73.6 cm³/mol. The van der Waals surface area contributed by atoms with Crippen LogP contribution in [-0.4, -0.2) is 30.0 Å². The van der Waals surface area contributed by atoms with E-state index in [4.69, 9.17) is 21.1 Å². The van der Waals surface area contributed by atoms with Crippen LogP contribution in [0.25, 0.3) is 0 Å². The van der Waals surface area contributed by atoms with E-state index in [9.17, 15) is 8.42 Å². The number of nitrogens with zero attached hydrogens (tertiary/aromatic N) is 3. The van der Waals surface area contributed by atoms with Gasteiger partial charge in [-0.2, -0.15) is 0 Å². The standard InChI is InChI=1S/C12H12ClN3O4S/c1-16-6-14-15-12(16)21(17,18)5-9-3-10(13)2-8-4-19-7-20-11(8)9/h2-3,6H,4-5,7H2,1H3. The minimum absolute atomic E-state index is 0.0889. The van der Waals surface area contributed by atoms with E-state index in [2.05, 4.69) is 10.2 Å². The maximum atomic E-state index is 12.4. The molecule has 0 bridgehead atoms. The summed E-state index contributed by atoms with van der Waals surface area (Å²) >= 11 is 6.03. The normalized spacial score (nSPS) is 14.6. The third kappa shape index (κ3) is 2.74. The third-order valence-electron chi connectivity index (χ3n) is 3.05. The Labute approximate surface area is 126 Å². The summed E-state index contributed by atoms with van der Waals surface area (Å²) in [6.45, 7) is 0.429. The van der Waals surface area contributed by atoms with Gasteiger partial charge in [0.25, 0.3) is 0 Å². The number of fused-ring (bicyclic) bond motifs is 1. The highest BCUT2D eigenvalue weighted by Gasteiger charge is 2.25. The average Bonchev–Trinajstić information content (AvgIpc) is 2.85. The molecule has 1 aliphatic rings. The van der Waals surface area contributed by atoms with Crippen LogP contribution in [0.4, 0.5) is 0 Å². The lowest BCUT2D eigenvalue weighted by Gasteiger charge is -2.21. The largest absolute Gasteiger partial charge is 0.467 e. The Morgan fingerprint density at radius 3 is 2.95 bits per heavy atom. The first kappa shape index (κ1) is 14.3. The number of hydrogen-bond donors (Lipinski definition) is 0. The smallest absolute Gasteiger partial charge is 0.249 e. The molecule has 1 aromatic carbocycles. The fourth-order valence-corrected chi connectivity index (χ4v) is 3.86. The van der Waals surface area contributed by atoms with Crippen LogP contribution in [0.5, 0.6) is 5.75 Å². The molecule has 0 saturated carbocycles. The van der Waals surface area contributed by atoms with Gasteiger partial charge in [-0.05, 0) is 12.1 Å². The van der Waals surface area contributed by atoms with E-state index in [0.29, 0.717) is 22.9 Å². The molecule has 0 unspecified atom stereocenters. The van der Waals surface area contributed by atoms with E-state index in [-0.39, 0.29) is 17.7 Å². The first-order chi connectivity index (χ1) is 9.97. The van der Waals surface area contributed by atoms with Crippen molar-refractivity contribution >= 4 is 21.4 Å². The first-order valence-corrected chi connectivity index (χ1v) is 8.09. The number of ether oxygens (including phenoxy) is 2. The Morgan fingerprint density at radius 2 is 2.24 bits per heavy atom. The summed E-state index contributed by atoms with van der Waals surface area (Å²) in [6.07, 6.45) is 1.34. The quantitative estimate of drug-likeness (QED) is 0.844. The summed E-state index contributed by atoms with van der Waals surface area (Å²) in [5.74, 6) is 0.249. The SMILES string of the molecule is Cn1cnnc1S(=O)(=O)Cc1cc(Cl)cc2c1OCOC2. The van der Waals surface area contributed by atoms with Gasteiger partial charge in [-0.25, -0.2) is 8.42 Å². The van der Waals surface area contributed by atoms with Gasteiger partial charge < -0.3 is 14.0 Å². The van der Waals surface area contributed by atoms with E-state index >= 15 is 0 Å². The monoisotopic (exact) mass is 329 g/mol. The van der Waals surface area contributed by atoms with Gasteiger partial charge in [-0.15, -0.1) is 10.2 Å². The molecule has 3 rings (SSSR count). The topological polar surface area (TPSA) is 83.3 Å². The van der Waals surface area contributed by atoms with Gasteiger partial charge in [-0.3, -0.25) is 0 Å². The van der Waals surface area contributed by atoms with Crippen molar-refractivity contribution in [2.75, 3.05) is 6.79 Å². The van der Waals surface area contributed by atoms with Crippen LogP contribution in [0.1, 0.15) is 11.1 Å². The average molecular weight is 330 g/mol. The van der Waals surface area contributed by atoms with Crippen LogP contribution in [0.3, 0.4) is 0 Å². The summed E-state index contributed by atoms with van der Waals surface area (Å²) in [4.78, 5) is 0. The van der Waals surface area contributed by atoms with Crippen molar-refractivity contribution in [1.82, 2.24) is 14.8 Å². The van der Waals surface area contributed by atoms with Crippen molar-refractivity contribution in [2.45, 2.75) is 17.5 Å². The van der Waals surface area contributed by atoms with Crippen molar-refractivity contribution in [1.29, 1.82) is 0 Å². The summed E-state index contributed by atoms with van der Waals surface area (Å²) in [6, 6.07) is 3.29. The molecule has 0 N–H and O–H groups in total. The highest BCUT2D eigenvalue weighted by atomic mass is 35.5. The van der Waals surface area contributed by atoms with Crippen LogP contribution in [0, 0.1) is 0 Å². The lowest BCUT2D eigenvalue weighted by Crippen LogP contribution is -2.16. The Morgan fingerprint density at radius 1 is 1.43 bits per heavy atom. The molecule has 0 fully saturated rings. The van der Waals surface area contributed by atoms with Crippen LogP contribution >= 0.6 is 11.6 Å². The van der Waals surface area contributed by atoms with Crippen LogP contribution in [0.15, 0.2) is 23.6 Å². The van der Waals surface area contributed by atoms with Gasteiger partial charge in [0.2, 0.25) is 15.0 Å². The maximum absolute atomic E-state index is 12.4. The van der Waals surface area contributed by atoms with E-state index < -0.39 is 9.84 Å². The summed E-state index contributed by atoms with van der Waals surface area (Å²) in [5, 5.41) is 7.58. The zero-order valence-corrected chi connectivity index (χ0v) is 12.7.